The van der Waals surface area contributed by atoms with Crippen LogP contribution in [0.4, 0.5) is 0 Å². The third-order valence-electron chi connectivity index (χ3n) is 4.99. The number of pyridine rings is 2. The summed E-state index contributed by atoms with van der Waals surface area (Å²) >= 11 is 0. The largest absolute Gasteiger partial charge is 0.260 e. The van der Waals surface area contributed by atoms with Gasteiger partial charge in [0.25, 0.3) is 0 Å². The van der Waals surface area contributed by atoms with Crippen LogP contribution in [-0.2, 0) is 9.84 Å². The molecule has 0 aliphatic heterocycles. The molecule has 2 heterocycles. The summed E-state index contributed by atoms with van der Waals surface area (Å²) in [4.78, 5) is 9.53. The first-order chi connectivity index (χ1) is 11.9. The summed E-state index contributed by atoms with van der Waals surface area (Å²) in [7, 11) is -3.25. The van der Waals surface area contributed by atoms with Crippen LogP contribution in [-0.4, -0.2) is 24.6 Å². The van der Waals surface area contributed by atoms with E-state index < -0.39 is 9.84 Å². The smallest absolute Gasteiger partial charge is 0.177 e. The van der Waals surface area contributed by atoms with Gasteiger partial charge in [-0.05, 0) is 61.8 Å². The lowest BCUT2D eigenvalue weighted by atomic mass is 9.93. The quantitative estimate of drug-likeness (QED) is 0.734. The second-order valence-electron chi connectivity index (χ2n) is 7.30. The number of hydrogen-bond acceptors (Lipinski definition) is 4. The topological polar surface area (TPSA) is 59.9 Å². The Morgan fingerprint density at radius 1 is 1.08 bits per heavy atom. The Morgan fingerprint density at radius 2 is 1.80 bits per heavy atom. The van der Waals surface area contributed by atoms with E-state index in [0.717, 1.165) is 18.5 Å². The molecular weight excluding hydrogens is 332 g/mol. The number of hydrogen-bond donors (Lipinski definition) is 0. The molecule has 0 spiro atoms. The highest BCUT2D eigenvalue weighted by Crippen LogP contribution is 2.39. The second kappa shape index (κ2) is 7.24. The van der Waals surface area contributed by atoms with Gasteiger partial charge in [-0.1, -0.05) is 19.9 Å². The number of rotatable bonds is 7. The number of aromatic nitrogens is 2. The van der Waals surface area contributed by atoms with Gasteiger partial charge in [-0.3, -0.25) is 9.97 Å². The molecule has 1 saturated carbocycles. The molecule has 0 N–H and O–H groups in total. The highest BCUT2D eigenvalue weighted by atomic mass is 32.2. The van der Waals surface area contributed by atoms with Crippen molar-refractivity contribution in [2.75, 3.05) is 6.26 Å². The van der Waals surface area contributed by atoms with Crippen molar-refractivity contribution >= 4 is 9.84 Å². The van der Waals surface area contributed by atoms with E-state index in [1.807, 2.05) is 0 Å². The first kappa shape index (κ1) is 18.1. The molecule has 0 saturated heterocycles. The highest BCUT2D eigenvalue weighted by Gasteiger charge is 2.25. The number of sulfone groups is 1. The molecule has 3 rings (SSSR count). The predicted molar refractivity (Wildman–Crippen MR) is 99.6 cm³/mol. The van der Waals surface area contributed by atoms with E-state index in [0.29, 0.717) is 22.4 Å². The third-order valence-corrected chi connectivity index (χ3v) is 6.14. The van der Waals surface area contributed by atoms with E-state index in [1.165, 1.54) is 24.8 Å². The van der Waals surface area contributed by atoms with E-state index >= 15 is 0 Å². The lowest BCUT2D eigenvalue weighted by Crippen LogP contribution is -2.09. The fraction of sp³-hybridized carbons (Fsp3) is 0.500. The lowest BCUT2D eigenvalue weighted by Gasteiger charge is -2.17. The summed E-state index contributed by atoms with van der Waals surface area (Å²) < 4.78 is 23.9. The minimum absolute atomic E-state index is 0.0972. The molecule has 2 aromatic heterocycles. The zero-order valence-electron chi connectivity index (χ0n) is 15.1. The van der Waals surface area contributed by atoms with Gasteiger partial charge in [-0.15, -0.1) is 0 Å². The summed E-state index contributed by atoms with van der Waals surface area (Å²) in [5.74, 6) is 1.11. The molecule has 2 unspecified atom stereocenters. The van der Waals surface area contributed by atoms with Crippen LogP contribution in [0.2, 0.25) is 0 Å². The summed E-state index contributed by atoms with van der Waals surface area (Å²) in [5, 5.41) is 0. The molecule has 0 radical (unpaired) electrons. The maximum absolute atomic E-state index is 12.0. The lowest BCUT2D eigenvalue weighted by molar-refractivity contribution is 0.546. The molecular formula is C20H26N2O2S. The van der Waals surface area contributed by atoms with Crippen LogP contribution in [0, 0.1) is 0 Å². The van der Waals surface area contributed by atoms with E-state index in [4.69, 9.17) is 4.98 Å². The Labute approximate surface area is 150 Å². The van der Waals surface area contributed by atoms with Crippen molar-refractivity contribution in [1.82, 2.24) is 9.97 Å². The van der Waals surface area contributed by atoms with Crippen molar-refractivity contribution in [2.24, 2.45) is 0 Å². The van der Waals surface area contributed by atoms with Crippen LogP contribution < -0.4 is 0 Å². The minimum atomic E-state index is -3.25. The van der Waals surface area contributed by atoms with Crippen molar-refractivity contribution in [2.45, 2.75) is 62.2 Å². The van der Waals surface area contributed by atoms with Crippen LogP contribution in [0.3, 0.4) is 0 Å². The molecule has 0 bridgehead atoms. The Morgan fingerprint density at radius 3 is 2.48 bits per heavy atom. The zero-order valence-corrected chi connectivity index (χ0v) is 16.0. The van der Waals surface area contributed by atoms with Gasteiger partial charge < -0.3 is 0 Å². The van der Waals surface area contributed by atoms with Gasteiger partial charge in [-0.25, -0.2) is 8.42 Å². The van der Waals surface area contributed by atoms with E-state index in [-0.39, 0.29) is 5.92 Å². The summed E-state index contributed by atoms with van der Waals surface area (Å²) in [5.41, 5.74) is 3.04. The molecule has 2 atom stereocenters. The molecule has 1 aliphatic rings. The normalized spacial score (nSPS) is 17.2. The van der Waals surface area contributed by atoms with Gasteiger partial charge in [0.05, 0.1) is 10.6 Å². The van der Waals surface area contributed by atoms with Crippen molar-refractivity contribution < 1.29 is 8.42 Å². The van der Waals surface area contributed by atoms with Crippen LogP contribution in [0.1, 0.15) is 74.4 Å². The molecule has 25 heavy (non-hydrogen) atoms. The third kappa shape index (κ3) is 4.46. The van der Waals surface area contributed by atoms with Crippen molar-refractivity contribution in [3.63, 3.8) is 0 Å². The molecule has 2 aromatic rings. The Bertz CT molecular complexity index is 844. The Hall–Kier alpha value is -1.75. The van der Waals surface area contributed by atoms with Gasteiger partial charge >= 0.3 is 0 Å². The first-order valence-electron chi connectivity index (χ1n) is 8.98. The Kier molecular flexibility index (Phi) is 5.23. The zero-order chi connectivity index (χ0) is 18.0. The van der Waals surface area contributed by atoms with Crippen LogP contribution in [0.5, 0.6) is 0 Å². The van der Waals surface area contributed by atoms with Crippen LogP contribution in [0.25, 0.3) is 0 Å². The van der Waals surface area contributed by atoms with Gasteiger partial charge in [0.1, 0.15) is 0 Å². The van der Waals surface area contributed by atoms with Crippen molar-refractivity contribution in [3.05, 3.63) is 53.6 Å². The highest BCUT2D eigenvalue weighted by molar-refractivity contribution is 7.90. The van der Waals surface area contributed by atoms with Crippen molar-refractivity contribution in [3.8, 4) is 0 Å². The number of nitrogens with zero attached hydrogens (tertiary/aromatic N) is 2. The van der Waals surface area contributed by atoms with E-state index in [2.05, 4.69) is 37.0 Å². The van der Waals surface area contributed by atoms with Gasteiger partial charge in [0, 0.05) is 29.8 Å². The molecule has 5 heteroatoms. The fourth-order valence-electron chi connectivity index (χ4n) is 3.22. The monoisotopic (exact) mass is 358 g/mol. The predicted octanol–water partition coefficient (Wildman–Crippen LogP) is 4.44. The van der Waals surface area contributed by atoms with Crippen LogP contribution >= 0.6 is 0 Å². The fourth-order valence-corrected chi connectivity index (χ4v) is 4.18. The average Bonchev–Trinajstić information content (AvgIpc) is 3.44. The van der Waals surface area contributed by atoms with Gasteiger partial charge in [0.2, 0.25) is 0 Å². The summed E-state index contributed by atoms with van der Waals surface area (Å²) in [6.45, 7) is 4.25. The standard InChI is InChI=1S/C20H26N2O2S/c1-14(17-6-4-7-18(22-17)16-11-12-16)9-10-15(2)20-19(25(3,23)24)8-5-13-21-20/h4-8,13-16H,9-12H2,1-3H3. The maximum Gasteiger partial charge on any atom is 0.177 e. The molecule has 0 amide bonds. The molecule has 134 valence electrons. The average molecular weight is 359 g/mol. The minimum Gasteiger partial charge on any atom is -0.260 e. The first-order valence-corrected chi connectivity index (χ1v) is 10.9. The van der Waals surface area contributed by atoms with Crippen molar-refractivity contribution in [1.29, 1.82) is 0 Å². The summed E-state index contributed by atoms with van der Waals surface area (Å²) in [6, 6.07) is 9.67. The summed E-state index contributed by atoms with van der Waals surface area (Å²) in [6.07, 6.45) is 7.28. The molecule has 4 nitrogen and oxygen atoms in total. The van der Waals surface area contributed by atoms with E-state index in [1.54, 1.807) is 18.3 Å². The molecule has 1 fully saturated rings. The van der Waals surface area contributed by atoms with E-state index in [9.17, 15) is 8.42 Å². The second-order valence-corrected chi connectivity index (χ2v) is 9.28. The van der Waals surface area contributed by atoms with Gasteiger partial charge in [-0.2, -0.15) is 0 Å². The Balaban J connectivity index is 1.68. The SMILES string of the molecule is CC(CCC(C)c1ncccc1S(C)(=O)=O)c1cccc(C2CC2)n1. The van der Waals surface area contributed by atoms with Gasteiger partial charge in [0.15, 0.2) is 9.84 Å². The van der Waals surface area contributed by atoms with Crippen LogP contribution in [0.15, 0.2) is 41.4 Å². The molecule has 0 aromatic carbocycles. The maximum atomic E-state index is 12.0. The molecule has 1 aliphatic carbocycles.